The first kappa shape index (κ1) is 20.9. The third-order valence-corrected chi connectivity index (χ3v) is 6.10. The maximum Gasteiger partial charge on any atom is 0.224 e. The van der Waals surface area contributed by atoms with E-state index < -0.39 is 11.6 Å². The van der Waals surface area contributed by atoms with Crippen molar-refractivity contribution in [2.24, 2.45) is 0 Å². The predicted octanol–water partition coefficient (Wildman–Crippen LogP) is 3.23. The minimum atomic E-state index is -0.569. The molecule has 2 aliphatic heterocycles. The summed E-state index contributed by atoms with van der Waals surface area (Å²) in [6.45, 7) is 3.19. The van der Waals surface area contributed by atoms with Crippen LogP contribution >= 0.6 is 0 Å². The maximum atomic E-state index is 13.7. The first-order valence-electron chi connectivity index (χ1n) is 10.5. The number of nitrogens with one attached hydrogen (secondary N) is 1. The molecule has 2 aromatic rings. The van der Waals surface area contributed by atoms with E-state index in [0.29, 0.717) is 6.54 Å². The monoisotopic (exact) mass is 415 g/mol. The van der Waals surface area contributed by atoms with Gasteiger partial charge in [0.15, 0.2) is 0 Å². The normalized spacial score (nSPS) is 21.1. The highest BCUT2D eigenvalue weighted by Crippen LogP contribution is 2.38. The van der Waals surface area contributed by atoms with Crippen LogP contribution in [-0.4, -0.2) is 47.1 Å². The minimum absolute atomic E-state index is 0.0337. The summed E-state index contributed by atoms with van der Waals surface area (Å²) in [5, 5.41) is 2.81. The second kappa shape index (κ2) is 9.18. The van der Waals surface area contributed by atoms with E-state index in [0.717, 1.165) is 69.2 Å². The van der Waals surface area contributed by atoms with Crippen LogP contribution < -0.4 is 5.32 Å². The number of pyridine rings is 1. The summed E-state index contributed by atoms with van der Waals surface area (Å²) < 4.78 is 33.3. The zero-order chi connectivity index (χ0) is 21.0. The SMILES string of the molecule is O=C(Cc1cc(F)ccc1F)NCC1CCC2(CCN(Cc3ccccn3)CC2)O1. The third-order valence-electron chi connectivity index (χ3n) is 6.10. The van der Waals surface area contributed by atoms with Gasteiger partial charge in [0.1, 0.15) is 11.6 Å². The molecule has 2 fully saturated rings. The Morgan fingerprint density at radius 2 is 2.03 bits per heavy atom. The van der Waals surface area contributed by atoms with Crippen LogP contribution in [0.5, 0.6) is 0 Å². The van der Waals surface area contributed by atoms with Crippen LogP contribution in [0.25, 0.3) is 0 Å². The molecule has 7 heteroatoms. The van der Waals surface area contributed by atoms with Crippen LogP contribution in [-0.2, 0) is 22.5 Å². The van der Waals surface area contributed by atoms with Gasteiger partial charge in [-0.1, -0.05) is 6.07 Å². The summed E-state index contributed by atoms with van der Waals surface area (Å²) >= 11 is 0. The van der Waals surface area contributed by atoms with Gasteiger partial charge in [-0.15, -0.1) is 0 Å². The van der Waals surface area contributed by atoms with E-state index >= 15 is 0 Å². The van der Waals surface area contributed by atoms with E-state index in [1.807, 2.05) is 24.4 Å². The Bertz CT molecular complexity index is 870. The molecule has 4 rings (SSSR count). The fourth-order valence-corrected chi connectivity index (χ4v) is 4.39. The molecule has 0 aliphatic carbocycles. The number of benzene rings is 1. The molecule has 0 bridgehead atoms. The van der Waals surface area contributed by atoms with Crippen molar-refractivity contribution in [1.29, 1.82) is 0 Å². The van der Waals surface area contributed by atoms with Crippen LogP contribution in [0.4, 0.5) is 8.78 Å². The Labute approximate surface area is 175 Å². The summed E-state index contributed by atoms with van der Waals surface area (Å²) in [6.07, 6.45) is 5.44. The smallest absolute Gasteiger partial charge is 0.224 e. The molecule has 1 N–H and O–H groups in total. The number of nitrogens with zero attached hydrogens (tertiary/aromatic N) is 2. The molecule has 2 aliphatic rings. The lowest BCUT2D eigenvalue weighted by Gasteiger charge is -2.39. The molecule has 1 aromatic carbocycles. The lowest BCUT2D eigenvalue weighted by atomic mass is 9.88. The molecular weight excluding hydrogens is 388 g/mol. The molecular formula is C23H27F2N3O2. The van der Waals surface area contributed by atoms with Crippen molar-refractivity contribution in [3.63, 3.8) is 0 Å². The van der Waals surface area contributed by atoms with Crippen LogP contribution in [0.1, 0.15) is 36.9 Å². The zero-order valence-electron chi connectivity index (χ0n) is 16.9. The van der Waals surface area contributed by atoms with Crippen molar-refractivity contribution in [2.75, 3.05) is 19.6 Å². The van der Waals surface area contributed by atoms with Gasteiger partial charge in [-0.25, -0.2) is 8.78 Å². The number of hydrogen-bond donors (Lipinski definition) is 1. The van der Waals surface area contributed by atoms with Crippen LogP contribution in [0, 0.1) is 11.6 Å². The quantitative estimate of drug-likeness (QED) is 0.787. The van der Waals surface area contributed by atoms with Crippen molar-refractivity contribution in [3.8, 4) is 0 Å². The van der Waals surface area contributed by atoms with E-state index in [-0.39, 0.29) is 29.6 Å². The maximum absolute atomic E-state index is 13.7. The van der Waals surface area contributed by atoms with E-state index in [1.165, 1.54) is 0 Å². The number of halogens is 2. The average molecular weight is 415 g/mol. The molecule has 5 nitrogen and oxygen atoms in total. The molecule has 2 saturated heterocycles. The second-order valence-electron chi connectivity index (χ2n) is 8.28. The average Bonchev–Trinajstić information content (AvgIpc) is 3.15. The summed E-state index contributed by atoms with van der Waals surface area (Å²) in [5.74, 6) is -1.44. The van der Waals surface area contributed by atoms with Crippen molar-refractivity contribution >= 4 is 5.91 Å². The van der Waals surface area contributed by atoms with Gasteiger partial charge < -0.3 is 10.1 Å². The summed E-state index contributed by atoms with van der Waals surface area (Å²) in [4.78, 5) is 18.9. The number of piperidine rings is 1. The Morgan fingerprint density at radius 1 is 1.20 bits per heavy atom. The van der Waals surface area contributed by atoms with Crippen molar-refractivity contribution < 1.29 is 18.3 Å². The molecule has 1 atom stereocenters. The largest absolute Gasteiger partial charge is 0.370 e. The molecule has 1 aromatic heterocycles. The van der Waals surface area contributed by atoms with Gasteiger partial charge in [-0.3, -0.25) is 14.7 Å². The lowest BCUT2D eigenvalue weighted by Crippen LogP contribution is -2.45. The number of hydrogen-bond acceptors (Lipinski definition) is 4. The first-order valence-corrected chi connectivity index (χ1v) is 10.5. The molecule has 1 amide bonds. The Morgan fingerprint density at radius 3 is 2.80 bits per heavy atom. The zero-order valence-corrected chi connectivity index (χ0v) is 16.9. The van der Waals surface area contributed by atoms with Crippen LogP contribution in [0.15, 0.2) is 42.6 Å². The standard InChI is InChI=1S/C23H27F2N3O2/c24-18-4-5-21(25)17(13-18)14-22(29)27-15-20-6-7-23(30-20)8-11-28(12-9-23)16-19-3-1-2-10-26-19/h1-5,10,13,20H,6-9,11-12,14-16H2,(H,27,29). The van der Waals surface area contributed by atoms with Crippen LogP contribution in [0.2, 0.25) is 0 Å². The number of carbonyl (C=O) groups excluding carboxylic acids is 1. The highest BCUT2D eigenvalue weighted by Gasteiger charge is 2.42. The topological polar surface area (TPSA) is 54.5 Å². The summed E-state index contributed by atoms with van der Waals surface area (Å²) in [5.41, 5.74) is 1.04. The Hall–Kier alpha value is -2.38. The van der Waals surface area contributed by atoms with Gasteiger partial charge in [-0.2, -0.15) is 0 Å². The molecule has 1 unspecified atom stereocenters. The fraction of sp³-hybridized carbons (Fsp3) is 0.478. The number of rotatable bonds is 6. The van der Waals surface area contributed by atoms with Gasteiger partial charge in [0, 0.05) is 37.9 Å². The Kier molecular flexibility index (Phi) is 6.39. The van der Waals surface area contributed by atoms with Crippen LogP contribution in [0.3, 0.4) is 0 Å². The predicted molar refractivity (Wildman–Crippen MR) is 109 cm³/mol. The van der Waals surface area contributed by atoms with Gasteiger partial charge in [-0.05, 0) is 56.0 Å². The second-order valence-corrected chi connectivity index (χ2v) is 8.28. The fourth-order valence-electron chi connectivity index (χ4n) is 4.39. The van der Waals surface area contributed by atoms with Crippen molar-refractivity contribution in [3.05, 3.63) is 65.5 Å². The van der Waals surface area contributed by atoms with E-state index in [9.17, 15) is 13.6 Å². The highest BCUT2D eigenvalue weighted by molar-refractivity contribution is 5.78. The minimum Gasteiger partial charge on any atom is -0.370 e. The Balaban J connectivity index is 1.21. The van der Waals surface area contributed by atoms with Gasteiger partial charge in [0.2, 0.25) is 5.91 Å². The van der Waals surface area contributed by atoms with Gasteiger partial charge >= 0.3 is 0 Å². The third kappa shape index (κ3) is 5.21. The number of aromatic nitrogens is 1. The van der Waals surface area contributed by atoms with E-state index in [1.54, 1.807) is 0 Å². The molecule has 0 saturated carbocycles. The molecule has 0 radical (unpaired) electrons. The number of ether oxygens (including phenoxy) is 1. The molecule has 160 valence electrons. The number of likely N-dealkylation sites (tertiary alicyclic amines) is 1. The number of carbonyl (C=O) groups is 1. The molecule has 3 heterocycles. The highest BCUT2D eigenvalue weighted by atomic mass is 19.1. The van der Waals surface area contributed by atoms with Crippen molar-refractivity contribution in [2.45, 2.75) is 50.4 Å². The number of amides is 1. The summed E-state index contributed by atoms with van der Waals surface area (Å²) in [7, 11) is 0. The van der Waals surface area contributed by atoms with Gasteiger partial charge in [0.25, 0.3) is 0 Å². The molecule has 1 spiro atoms. The van der Waals surface area contributed by atoms with Gasteiger partial charge in [0.05, 0.1) is 23.8 Å². The summed E-state index contributed by atoms with van der Waals surface area (Å²) in [6, 6.07) is 9.13. The lowest BCUT2D eigenvalue weighted by molar-refractivity contribution is -0.122. The van der Waals surface area contributed by atoms with E-state index in [4.69, 9.17) is 4.74 Å². The first-order chi connectivity index (χ1) is 14.5. The van der Waals surface area contributed by atoms with E-state index in [2.05, 4.69) is 15.2 Å². The van der Waals surface area contributed by atoms with Crippen molar-refractivity contribution in [1.82, 2.24) is 15.2 Å². The molecule has 30 heavy (non-hydrogen) atoms.